The number of hydrogen-bond acceptors (Lipinski definition) is 1. The fourth-order valence-corrected chi connectivity index (χ4v) is 3.07. The van der Waals surface area contributed by atoms with Gasteiger partial charge in [-0.15, -0.1) is 0 Å². The third kappa shape index (κ3) is 2.86. The van der Waals surface area contributed by atoms with Crippen molar-refractivity contribution in [2.45, 2.75) is 6.54 Å². The first-order valence-electron chi connectivity index (χ1n) is 6.42. The third-order valence-corrected chi connectivity index (χ3v) is 4.64. The third-order valence-electron chi connectivity index (χ3n) is 3.41. The molecule has 3 rings (SSSR count). The number of nitrogens with zero attached hydrogens (tertiary/aromatic N) is 1. The maximum absolute atomic E-state index is 11.5. The Hall–Kier alpha value is -1.49. The van der Waals surface area contributed by atoms with E-state index in [0.29, 0.717) is 16.6 Å². The Labute approximate surface area is 145 Å². The van der Waals surface area contributed by atoms with Crippen LogP contribution in [0.4, 0.5) is 0 Å². The van der Waals surface area contributed by atoms with Gasteiger partial charge in [0.2, 0.25) is 0 Å². The van der Waals surface area contributed by atoms with E-state index in [9.17, 15) is 9.90 Å². The number of rotatable bonds is 3. The lowest BCUT2D eigenvalue weighted by molar-refractivity contribution is 0.0686. The first-order chi connectivity index (χ1) is 10.5. The van der Waals surface area contributed by atoms with Crippen molar-refractivity contribution in [1.29, 1.82) is 0 Å². The Bertz CT molecular complexity index is 889. The zero-order valence-electron chi connectivity index (χ0n) is 11.2. The average molecular weight is 399 g/mol. The van der Waals surface area contributed by atoms with Crippen molar-refractivity contribution < 1.29 is 9.90 Å². The Balaban J connectivity index is 2.15. The molecular formula is C16H10BrCl2NO2. The second-order valence-electron chi connectivity index (χ2n) is 4.87. The smallest absolute Gasteiger partial charge is 0.352 e. The average Bonchev–Trinajstić information content (AvgIpc) is 2.81. The van der Waals surface area contributed by atoms with Gasteiger partial charge in [0.05, 0.1) is 15.6 Å². The van der Waals surface area contributed by atoms with Crippen LogP contribution in [-0.4, -0.2) is 15.6 Å². The van der Waals surface area contributed by atoms with Crippen LogP contribution in [0.3, 0.4) is 0 Å². The minimum Gasteiger partial charge on any atom is -0.477 e. The summed E-state index contributed by atoms with van der Waals surface area (Å²) in [6.45, 7) is 0.401. The minimum atomic E-state index is -0.965. The molecule has 0 spiro atoms. The van der Waals surface area contributed by atoms with E-state index in [0.717, 1.165) is 20.9 Å². The van der Waals surface area contributed by atoms with Gasteiger partial charge in [0.15, 0.2) is 0 Å². The summed E-state index contributed by atoms with van der Waals surface area (Å²) in [4.78, 5) is 11.5. The van der Waals surface area contributed by atoms with E-state index in [1.165, 1.54) is 0 Å². The summed E-state index contributed by atoms with van der Waals surface area (Å²) in [6.07, 6.45) is 0. The largest absolute Gasteiger partial charge is 0.477 e. The number of benzene rings is 2. The molecule has 0 radical (unpaired) electrons. The first-order valence-corrected chi connectivity index (χ1v) is 7.96. The van der Waals surface area contributed by atoms with Crippen molar-refractivity contribution >= 4 is 56.0 Å². The van der Waals surface area contributed by atoms with Crippen molar-refractivity contribution in [3.8, 4) is 0 Å². The molecule has 0 unspecified atom stereocenters. The topological polar surface area (TPSA) is 42.2 Å². The fraction of sp³-hybridized carbons (Fsp3) is 0.0625. The molecule has 22 heavy (non-hydrogen) atoms. The summed E-state index contributed by atoms with van der Waals surface area (Å²) in [7, 11) is 0. The van der Waals surface area contributed by atoms with E-state index in [1.807, 2.05) is 24.3 Å². The minimum absolute atomic E-state index is 0.235. The van der Waals surface area contributed by atoms with Crippen LogP contribution < -0.4 is 0 Å². The maximum atomic E-state index is 11.5. The zero-order valence-corrected chi connectivity index (χ0v) is 14.3. The standard InChI is InChI=1S/C16H10BrCl2NO2/c17-11-3-2-10-6-15(16(21)22)20(14(10)7-11)8-9-1-4-12(18)13(19)5-9/h1-7H,8H2,(H,21,22). The molecule has 112 valence electrons. The van der Waals surface area contributed by atoms with E-state index < -0.39 is 5.97 Å². The first kappa shape index (κ1) is 15.4. The van der Waals surface area contributed by atoms with Crippen molar-refractivity contribution in [3.63, 3.8) is 0 Å². The lowest BCUT2D eigenvalue weighted by Gasteiger charge is -2.10. The van der Waals surface area contributed by atoms with Gasteiger partial charge in [0.1, 0.15) is 5.69 Å². The van der Waals surface area contributed by atoms with Gasteiger partial charge in [-0.1, -0.05) is 51.3 Å². The Morgan fingerprint density at radius 2 is 1.86 bits per heavy atom. The molecule has 3 nitrogen and oxygen atoms in total. The summed E-state index contributed by atoms with van der Waals surface area (Å²) < 4.78 is 2.65. The van der Waals surface area contributed by atoms with Gasteiger partial charge in [-0.2, -0.15) is 0 Å². The molecule has 0 saturated heterocycles. The molecule has 2 aromatic carbocycles. The lowest BCUT2D eigenvalue weighted by Crippen LogP contribution is -2.09. The highest BCUT2D eigenvalue weighted by Crippen LogP contribution is 2.27. The summed E-state index contributed by atoms with van der Waals surface area (Å²) in [6, 6.07) is 12.6. The Morgan fingerprint density at radius 3 is 2.55 bits per heavy atom. The van der Waals surface area contributed by atoms with Crippen molar-refractivity contribution in [2.75, 3.05) is 0 Å². The quantitative estimate of drug-likeness (QED) is 0.636. The van der Waals surface area contributed by atoms with Crippen LogP contribution in [0.5, 0.6) is 0 Å². The number of halogens is 3. The predicted octanol–water partition coefficient (Wildman–Crippen LogP) is 5.46. The zero-order chi connectivity index (χ0) is 15.9. The van der Waals surface area contributed by atoms with Crippen LogP contribution in [-0.2, 0) is 6.54 Å². The molecule has 0 atom stereocenters. The summed E-state index contributed by atoms with van der Waals surface area (Å²) in [5, 5.41) is 11.2. The summed E-state index contributed by atoms with van der Waals surface area (Å²) in [5.74, 6) is -0.965. The number of carboxylic acid groups (broad SMARTS) is 1. The van der Waals surface area contributed by atoms with Gasteiger partial charge in [-0.05, 0) is 35.9 Å². The highest BCUT2D eigenvalue weighted by Gasteiger charge is 2.15. The molecule has 0 bridgehead atoms. The molecule has 3 aromatic rings. The fourth-order valence-electron chi connectivity index (χ4n) is 2.40. The number of aromatic nitrogens is 1. The van der Waals surface area contributed by atoms with E-state index in [4.69, 9.17) is 23.2 Å². The summed E-state index contributed by atoms with van der Waals surface area (Å²) in [5.41, 5.74) is 1.96. The van der Waals surface area contributed by atoms with Crippen molar-refractivity contribution in [3.05, 3.63) is 68.2 Å². The predicted molar refractivity (Wildman–Crippen MR) is 92.2 cm³/mol. The van der Waals surface area contributed by atoms with Crippen LogP contribution in [0.15, 0.2) is 46.9 Å². The molecule has 1 N–H and O–H groups in total. The highest BCUT2D eigenvalue weighted by atomic mass is 79.9. The molecule has 0 fully saturated rings. The molecule has 1 heterocycles. The van der Waals surface area contributed by atoms with Crippen molar-refractivity contribution in [2.24, 2.45) is 0 Å². The molecule has 6 heteroatoms. The van der Waals surface area contributed by atoms with Crippen LogP contribution in [0, 0.1) is 0 Å². The SMILES string of the molecule is O=C(O)c1cc2ccc(Br)cc2n1Cc1ccc(Cl)c(Cl)c1. The van der Waals surface area contributed by atoms with Crippen LogP contribution in [0.2, 0.25) is 10.0 Å². The van der Waals surface area contributed by atoms with Crippen LogP contribution in [0.1, 0.15) is 16.1 Å². The molecule has 0 amide bonds. The molecular weight excluding hydrogens is 389 g/mol. The summed E-state index contributed by atoms with van der Waals surface area (Å²) >= 11 is 15.4. The molecule has 0 aliphatic heterocycles. The maximum Gasteiger partial charge on any atom is 0.352 e. The van der Waals surface area contributed by atoms with Gasteiger partial charge in [0, 0.05) is 16.4 Å². The monoisotopic (exact) mass is 397 g/mol. The number of carboxylic acids is 1. The lowest BCUT2D eigenvalue weighted by atomic mass is 10.2. The number of carbonyl (C=O) groups is 1. The number of hydrogen-bond donors (Lipinski definition) is 1. The van der Waals surface area contributed by atoms with E-state index >= 15 is 0 Å². The van der Waals surface area contributed by atoms with Gasteiger partial charge < -0.3 is 9.67 Å². The molecule has 0 aliphatic carbocycles. The highest BCUT2D eigenvalue weighted by molar-refractivity contribution is 9.10. The normalized spacial score (nSPS) is 11.0. The Morgan fingerprint density at radius 1 is 1.09 bits per heavy atom. The molecule has 1 aromatic heterocycles. The van der Waals surface area contributed by atoms with E-state index in [1.54, 1.807) is 22.8 Å². The van der Waals surface area contributed by atoms with Gasteiger partial charge >= 0.3 is 5.97 Å². The molecule has 0 saturated carbocycles. The van der Waals surface area contributed by atoms with Gasteiger partial charge in [0.25, 0.3) is 0 Å². The Kier molecular flexibility index (Phi) is 4.17. The van der Waals surface area contributed by atoms with E-state index in [2.05, 4.69) is 15.9 Å². The number of aromatic carboxylic acids is 1. The van der Waals surface area contributed by atoms with Gasteiger partial charge in [-0.25, -0.2) is 4.79 Å². The van der Waals surface area contributed by atoms with E-state index in [-0.39, 0.29) is 5.69 Å². The number of fused-ring (bicyclic) bond motifs is 1. The van der Waals surface area contributed by atoms with Gasteiger partial charge in [-0.3, -0.25) is 0 Å². The second kappa shape index (κ2) is 5.95. The molecule has 0 aliphatic rings. The van der Waals surface area contributed by atoms with Crippen LogP contribution in [0.25, 0.3) is 10.9 Å². The van der Waals surface area contributed by atoms with Crippen LogP contribution >= 0.6 is 39.1 Å². The van der Waals surface area contributed by atoms with Crippen molar-refractivity contribution in [1.82, 2.24) is 4.57 Å². The second-order valence-corrected chi connectivity index (χ2v) is 6.60.